The van der Waals surface area contributed by atoms with Crippen molar-refractivity contribution in [2.75, 3.05) is 5.32 Å². The van der Waals surface area contributed by atoms with E-state index in [9.17, 15) is 9.59 Å². The van der Waals surface area contributed by atoms with Gasteiger partial charge in [-0.05, 0) is 24.3 Å². The van der Waals surface area contributed by atoms with E-state index in [1.807, 2.05) is 12.1 Å². The number of nitrogens with zero attached hydrogens (tertiary/aromatic N) is 4. The van der Waals surface area contributed by atoms with Gasteiger partial charge in [0.25, 0.3) is 5.91 Å². The van der Waals surface area contributed by atoms with Gasteiger partial charge in [0.15, 0.2) is 17.0 Å². The first-order valence-electron chi connectivity index (χ1n) is 10.7. The summed E-state index contributed by atoms with van der Waals surface area (Å²) in [4.78, 5) is 38.0. The molecule has 5 rings (SSSR count). The van der Waals surface area contributed by atoms with Crippen LogP contribution in [-0.4, -0.2) is 43.6 Å². The van der Waals surface area contributed by atoms with E-state index >= 15 is 0 Å². The van der Waals surface area contributed by atoms with Crippen LogP contribution in [-0.2, 0) is 9.47 Å². The Morgan fingerprint density at radius 2 is 1.74 bits per heavy atom. The molecule has 1 fully saturated rings. The monoisotopic (exact) mass is 455 g/mol. The van der Waals surface area contributed by atoms with E-state index in [1.165, 1.54) is 6.33 Å². The summed E-state index contributed by atoms with van der Waals surface area (Å²) < 4.78 is 13.5. The van der Waals surface area contributed by atoms with Crippen molar-refractivity contribution in [2.45, 2.75) is 24.9 Å². The molecule has 0 radical (unpaired) electrons. The van der Waals surface area contributed by atoms with Gasteiger partial charge in [-0.2, -0.15) is 0 Å². The van der Waals surface area contributed by atoms with Crippen molar-refractivity contribution in [3.8, 4) is 0 Å². The molecule has 34 heavy (non-hydrogen) atoms. The predicted molar refractivity (Wildman–Crippen MR) is 124 cm³/mol. The molecule has 9 nitrogen and oxygen atoms in total. The van der Waals surface area contributed by atoms with Crippen LogP contribution in [0.1, 0.15) is 33.4 Å². The van der Waals surface area contributed by atoms with E-state index < -0.39 is 24.4 Å². The van der Waals surface area contributed by atoms with E-state index in [-0.39, 0.29) is 5.91 Å². The van der Waals surface area contributed by atoms with E-state index in [2.05, 4.69) is 26.8 Å². The van der Waals surface area contributed by atoms with Crippen molar-refractivity contribution in [2.24, 2.45) is 0 Å². The molecule has 1 unspecified atom stereocenters. The maximum absolute atomic E-state index is 12.6. The average Bonchev–Trinajstić information content (AvgIpc) is 3.49. The van der Waals surface area contributed by atoms with Crippen molar-refractivity contribution in [1.29, 1.82) is 0 Å². The average molecular weight is 455 g/mol. The third-order valence-electron chi connectivity index (χ3n) is 5.55. The third-order valence-corrected chi connectivity index (χ3v) is 5.55. The molecule has 3 atom stereocenters. The molecule has 1 N–H and O–H groups in total. The van der Waals surface area contributed by atoms with E-state index in [0.29, 0.717) is 34.5 Å². The van der Waals surface area contributed by atoms with Crippen molar-refractivity contribution in [3.63, 3.8) is 0 Å². The highest BCUT2D eigenvalue weighted by molar-refractivity contribution is 6.06. The number of benzene rings is 2. The number of anilines is 1. The summed E-state index contributed by atoms with van der Waals surface area (Å²) in [5.41, 5.74) is 1.88. The zero-order valence-corrected chi connectivity index (χ0v) is 18.1. The predicted octanol–water partition coefficient (Wildman–Crippen LogP) is 3.78. The van der Waals surface area contributed by atoms with Gasteiger partial charge in [-0.1, -0.05) is 42.5 Å². The molecular weight excluding hydrogens is 434 g/mol. The standard InChI is InChI=1S/C25H21N5O4/c1-2-18-19(34-25(32)17-11-7-4-8-12-17)13-20(33-18)30-15-28-21-22(26-14-27-23(21)30)29-24(31)16-9-5-3-6-10-16/h2-12,14-15,18-20H,1,13H2,(H,26,27,29,31)/t18-,19?,20-/m1/s1. The number of imidazole rings is 1. The molecular formula is C25H21N5O4. The molecule has 0 aliphatic carbocycles. The fourth-order valence-electron chi connectivity index (χ4n) is 3.86. The molecule has 4 aromatic rings. The molecule has 1 aliphatic rings. The molecule has 1 saturated heterocycles. The Balaban J connectivity index is 1.36. The van der Waals surface area contributed by atoms with Gasteiger partial charge in [-0.25, -0.2) is 19.7 Å². The van der Waals surface area contributed by atoms with Gasteiger partial charge in [0, 0.05) is 12.0 Å². The van der Waals surface area contributed by atoms with Gasteiger partial charge in [0.05, 0.1) is 11.9 Å². The van der Waals surface area contributed by atoms with Crippen LogP contribution >= 0.6 is 0 Å². The molecule has 170 valence electrons. The molecule has 2 aromatic carbocycles. The van der Waals surface area contributed by atoms with Gasteiger partial charge in [-0.15, -0.1) is 6.58 Å². The van der Waals surface area contributed by atoms with Gasteiger partial charge in [0.2, 0.25) is 0 Å². The summed E-state index contributed by atoms with van der Waals surface area (Å²) in [5, 5.41) is 2.79. The Hall–Kier alpha value is -4.37. The van der Waals surface area contributed by atoms with E-state index in [1.54, 1.807) is 65.5 Å². The molecule has 0 bridgehead atoms. The Morgan fingerprint density at radius 1 is 1.03 bits per heavy atom. The Kier molecular flexibility index (Phi) is 5.84. The largest absolute Gasteiger partial charge is 0.455 e. The summed E-state index contributed by atoms with van der Waals surface area (Å²) in [6, 6.07) is 17.6. The summed E-state index contributed by atoms with van der Waals surface area (Å²) in [5.74, 6) is -0.430. The number of aromatic nitrogens is 4. The van der Waals surface area contributed by atoms with Crippen LogP contribution in [0.3, 0.4) is 0 Å². The quantitative estimate of drug-likeness (QED) is 0.348. The number of carbonyl (C=O) groups is 2. The maximum atomic E-state index is 12.6. The molecule has 0 saturated carbocycles. The van der Waals surface area contributed by atoms with Gasteiger partial charge in [0.1, 0.15) is 24.8 Å². The van der Waals surface area contributed by atoms with Crippen LogP contribution in [0, 0.1) is 0 Å². The molecule has 2 aromatic heterocycles. The minimum Gasteiger partial charge on any atom is -0.455 e. The van der Waals surface area contributed by atoms with Crippen LogP contribution in [0.2, 0.25) is 0 Å². The highest BCUT2D eigenvalue weighted by Crippen LogP contribution is 2.34. The normalized spacial score (nSPS) is 19.6. The fourth-order valence-corrected chi connectivity index (χ4v) is 3.86. The van der Waals surface area contributed by atoms with E-state index in [0.717, 1.165) is 0 Å². The second kappa shape index (κ2) is 9.24. The highest BCUT2D eigenvalue weighted by Gasteiger charge is 2.38. The Morgan fingerprint density at radius 3 is 2.44 bits per heavy atom. The summed E-state index contributed by atoms with van der Waals surface area (Å²) in [7, 11) is 0. The lowest BCUT2D eigenvalue weighted by atomic mass is 10.1. The van der Waals surface area contributed by atoms with Crippen molar-refractivity contribution in [3.05, 3.63) is 97.1 Å². The summed E-state index contributed by atoms with van der Waals surface area (Å²) in [6.45, 7) is 3.81. The number of ether oxygens (including phenoxy) is 2. The number of amides is 1. The Labute approximate surface area is 195 Å². The number of nitrogens with one attached hydrogen (secondary N) is 1. The number of carbonyl (C=O) groups excluding carboxylic acids is 2. The van der Waals surface area contributed by atoms with Crippen LogP contribution in [0.25, 0.3) is 11.2 Å². The van der Waals surface area contributed by atoms with E-state index in [4.69, 9.17) is 9.47 Å². The maximum Gasteiger partial charge on any atom is 0.338 e. The first kappa shape index (κ1) is 21.5. The lowest BCUT2D eigenvalue weighted by Gasteiger charge is -2.15. The molecule has 1 amide bonds. The number of hydrogen-bond acceptors (Lipinski definition) is 7. The van der Waals surface area contributed by atoms with Crippen LogP contribution < -0.4 is 5.32 Å². The minimum atomic E-state index is -0.522. The number of esters is 1. The van der Waals surface area contributed by atoms with Crippen LogP contribution in [0.15, 0.2) is 86.0 Å². The van der Waals surface area contributed by atoms with Gasteiger partial charge < -0.3 is 14.8 Å². The summed E-state index contributed by atoms with van der Waals surface area (Å²) >= 11 is 0. The Bertz CT molecular complexity index is 1340. The topological polar surface area (TPSA) is 108 Å². The van der Waals surface area contributed by atoms with Crippen molar-refractivity contribution in [1.82, 2.24) is 19.5 Å². The lowest BCUT2D eigenvalue weighted by molar-refractivity contribution is -0.00574. The zero-order valence-electron chi connectivity index (χ0n) is 18.1. The molecule has 0 spiro atoms. The SMILES string of the molecule is C=C[C@H]1O[C@@H](n2cnc3c(NC(=O)c4ccccc4)ncnc32)CC1OC(=O)c1ccccc1. The highest BCUT2D eigenvalue weighted by atomic mass is 16.6. The molecule has 9 heteroatoms. The summed E-state index contributed by atoms with van der Waals surface area (Å²) in [6.07, 6.45) is 3.42. The molecule has 3 heterocycles. The number of rotatable bonds is 6. The van der Waals surface area contributed by atoms with Crippen LogP contribution in [0.5, 0.6) is 0 Å². The number of hydrogen-bond donors (Lipinski definition) is 1. The second-order valence-electron chi connectivity index (χ2n) is 7.70. The third kappa shape index (κ3) is 4.16. The minimum absolute atomic E-state index is 0.294. The van der Waals surface area contributed by atoms with Crippen LogP contribution in [0.4, 0.5) is 5.82 Å². The molecule has 1 aliphatic heterocycles. The number of fused-ring (bicyclic) bond motifs is 1. The lowest BCUT2D eigenvalue weighted by Crippen LogP contribution is -2.25. The zero-order chi connectivity index (χ0) is 23.5. The smallest absolute Gasteiger partial charge is 0.338 e. The second-order valence-corrected chi connectivity index (χ2v) is 7.70. The van der Waals surface area contributed by atoms with Crippen molar-refractivity contribution < 1.29 is 19.1 Å². The fraction of sp³-hybridized carbons (Fsp3) is 0.160. The van der Waals surface area contributed by atoms with Gasteiger partial charge in [-0.3, -0.25) is 9.36 Å². The first-order valence-corrected chi connectivity index (χ1v) is 10.7. The van der Waals surface area contributed by atoms with Crippen molar-refractivity contribution >= 4 is 28.9 Å². The first-order chi connectivity index (χ1) is 16.6. The van der Waals surface area contributed by atoms with Gasteiger partial charge >= 0.3 is 5.97 Å².